The highest BCUT2D eigenvalue weighted by Crippen LogP contribution is 2.32. The molecule has 1 atom stereocenters. The number of hydrogen-bond donors (Lipinski definition) is 0. The van der Waals surface area contributed by atoms with Crippen LogP contribution in [0.15, 0.2) is 54.6 Å². The first-order valence-electron chi connectivity index (χ1n) is 6.09. The SMILES string of the molecule is C1=CC(c2cccc3ccccc23)CCC1. The van der Waals surface area contributed by atoms with Gasteiger partial charge in [-0.2, -0.15) is 0 Å². The van der Waals surface area contributed by atoms with Gasteiger partial charge in [0.2, 0.25) is 0 Å². The van der Waals surface area contributed by atoms with E-state index in [0.717, 1.165) is 0 Å². The number of fused-ring (bicyclic) bond motifs is 1. The Morgan fingerprint density at radius 3 is 2.69 bits per heavy atom. The van der Waals surface area contributed by atoms with Crippen LogP contribution < -0.4 is 0 Å². The first-order valence-corrected chi connectivity index (χ1v) is 6.09. The van der Waals surface area contributed by atoms with Crippen LogP contribution in [0.2, 0.25) is 0 Å². The van der Waals surface area contributed by atoms with Crippen LogP contribution in [-0.4, -0.2) is 0 Å². The van der Waals surface area contributed by atoms with Gasteiger partial charge in [-0.05, 0) is 35.6 Å². The Labute approximate surface area is 96.6 Å². The molecule has 2 aromatic rings. The molecule has 0 N–H and O–H groups in total. The molecule has 1 unspecified atom stereocenters. The van der Waals surface area contributed by atoms with Gasteiger partial charge >= 0.3 is 0 Å². The molecular weight excluding hydrogens is 192 g/mol. The lowest BCUT2D eigenvalue weighted by Crippen LogP contribution is -1.99. The fourth-order valence-electron chi connectivity index (χ4n) is 2.65. The van der Waals surface area contributed by atoms with E-state index >= 15 is 0 Å². The molecule has 2 aromatic carbocycles. The van der Waals surface area contributed by atoms with Gasteiger partial charge in [-0.15, -0.1) is 0 Å². The van der Waals surface area contributed by atoms with Gasteiger partial charge in [-0.1, -0.05) is 54.6 Å². The number of allylic oxidation sites excluding steroid dienone is 2. The smallest absolute Gasteiger partial charge is 0.00242 e. The van der Waals surface area contributed by atoms with Gasteiger partial charge < -0.3 is 0 Å². The summed E-state index contributed by atoms with van der Waals surface area (Å²) >= 11 is 0. The molecular formula is C16H16. The Kier molecular flexibility index (Phi) is 2.49. The van der Waals surface area contributed by atoms with E-state index in [1.165, 1.54) is 35.6 Å². The number of hydrogen-bond acceptors (Lipinski definition) is 0. The van der Waals surface area contributed by atoms with Crippen molar-refractivity contribution in [3.05, 3.63) is 60.2 Å². The minimum absolute atomic E-state index is 0.625. The zero-order valence-electron chi connectivity index (χ0n) is 9.39. The van der Waals surface area contributed by atoms with E-state index in [1.807, 2.05) is 0 Å². The van der Waals surface area contributed by atoms with E-state index in [1.54, 1.807) is 0 Å². The average molecular weight is 208 g/mol. The van der Waals surface area contributed by atoms with E-state index in [0.29, 0.717) is 5.92 Å². The third kappa shape index (κ3) is 1.65. The van der Waals surface area contributed by atoms with Crippen molar-refractivity contribution in [3.63, 3.8) is 0 Å². The third-order valence-electron chi connectivity index (χ3n) is 3.48. The van der Waals surface area contributed by atoms with Crippen LogP contribution in [-0.2, 0) is 0 Å². The largest absolute Gasteiger partial charge is 0.0879 e. The summed E-state index contributed by atoms with van der Waals surface area (Å²) in [6.45, 7) is 0. The molecule has 0 spiro atoms. The first-order chi connectivity index (χ1) is 7.95. The summed E-state index contributed by atoms with van der Waals surface area (Å²) in [5, 5.41) is 2.78. The van der Waals surface area contributed by atoms with Crippen molar-refractivity contribution in [1.29, 1.82) is 0 Å². The Morgan fingerprint density at radius 1 is 0.938 bits per heavy atom. The van der Waals surface area contributed by atoms with E-state index in [4.69, 9.17) is 0 Å². The minimum atomic E-state index is 0.625. The lowest BCUT2D eigenvalue weighted by molar-refractivity contribution is 0.657. The fourth-order valence-corrected chi connectivity index (χ4v) is 2.65. The molecule has 0 saturated heterocycles. The van der Waals surface area contributed by atoms with Crippen LogP contribution in [0.5, 0.6) is 0 Å². The van der Waals surface area contributed by atoms with Crippen molar-refractivity contribution in [3.8, 4) is 0 Å². The molecule has 16 heavy (non-hydrogen) atoms. The summed E-state index contributed by atoms with van der Waals surface area (Å²) in [6.07, 6.45) is 8.58. The van der Waals surface area contributed by atoms with Gasteiger partial charge in [-0.25, -0.2) is 0 Å². The highest BCUT2D eigenvalue weighted by atomic mass is 14.2. The summed E-state index contributed by atoms with van der Waals surface area (Å²) in [4.78, 5) is 0. The highest BCUT2D eigenvalue weighted by Gasteiger charge is 2.12. The minimum Gasteiger partial charge on any atom is -0.0879 e. The van der Waals surface area contributed by atoms with Crippen molar-refractivity contribution >= 4 is 10.8 Å². The standard InChI is InChI=1S/C16H16/c1-2-7-13(8-3-1)16-12-6-10-14-9-4-5-11-15(14)16/h2,4-7,9-13H,1,3,8H2. The quantitative estimate of drug-likeness (QED) is 0.598. The van der Waals surface area contributed by atoms with Crippen molar-refractivity contribution < 1.29 is 0 Å². The molecule has 0 saturated carbocycles. The van der Waals surface area contributed by atoms with E-state index < -0.39 is 0 Å². The summed E-state index contributed by atoms with van der Waals surface area (Å²) in [7, 11) is 0. The van der Waals surface area contributed by atoms with Crippen LogP contribution in [0.3, 0.4) is 0 Å². The molecule has 0 nitrogen and oxygen atoms in total. The van der Waals surface area contributed by atoms with Crippen LogP contribution in [0.1, 0.15) is 30.7 Å². The predicted molar refractivity (Wildman–Crippen MR) is 69.7 cm³/mol. The molecule has 0 radical (unpaired) electrons. The topological polar surface area (TPSA) is 0 Å². The van der Waals surface area contributed by atoms with Gasteiger partial charge in [0, 0.05) is 5.92 Å². The van der Waals surface area contributed by atoms with Crippen molar-refractivity contribution in [2.45, 2.75) is 25.2 Å². The van der Waals surface area contributed by atoms with E-state index in [9.17, 15) is 0 Å². The maximum absolute atomic E-state index is 2.38. The Hall–Kier alpha value is -1.56. The van der Waals surface area contributed by atoms with Crippen molar-refractivity contribution in [2.24, 2.45) is 0 Å². The zero-order chi connectivity index (χ0) is 10.8. The lowest BCUT2D eigenvalue weighted by Gasteiger charge is -2.18. The summed E-state index contributed by atoms with van der Waals surface area (Å²) in [6, 6.07) is 15.4. The van der Waals surface area contributed by atoms with Gasteiger partial charge in [-0.3, -0.25) is 0 Å². The monoisotopic (exact) mass is 208 g/mol. The normalized spacial score (nSPS) is 20.1. The second-order valence-electron chi connectivity index (χ2n) is 4.53. The van der Waals surface area contributed by atoms with Crippen LogP contribution >= 0.6 is 0 Å². The molecule has 3 rings (SSSR count). The van der Waals surface area contributed by atoms with Crippen LogP contribution in [0, 0.1) is 0 Å². The number of benzene rings is 2. The average Bonchev–Trinajstić information content (AvgIpc) is 2.39. The fraction of sp³-hybridized carbons (Fsp3) is 0.250. The molecule has 1 aliphatic carbocycles. The van der Waals surface area contributed by atoms with Gasteiger partial charge in [0.05, 0.1) is 0 Å². The predicted octanol–water partition coefficient (Wildman–Crippen LogP) is 4.66. The highest BCUT2D eigenvalue weighted by molar-refractivity contribution is 5.86. The van der Waals surface area contributed by atoms with E-state index in [2.05, 4.69) is 54.6 Å². The van der Waals surface area contributed by atoms with Gasteiger partial charge in [0.25, 0.3) is 0 Å². The molecule has 0 aliphatic heterocycles. The van der Waals surface area contributed by atoms with Gasteiger partial charge in [0.15, 0.2) is 0 Å². The second kappa shape index (κ2) is 4.13. The molecule has 0 bridgehead atoms. The van der Waals surface area contributed by atoms with Crippen molar-refractivity contribution in [2.75, 3.05) is 0 Å². The summed E-state index contributed by atoms with van der Waals surface area (Å²) in [5.74, 6) is 0.625. The molecule has 0 aromatic heterocycles. The Morgan fingerprint density at radius 2 is 1.81 bits per heavy atom. The van der Waals surface area contributed by atoms with Crippen LogP contribution in [0.25, 0.3) is 10.8 Å². The van der Waals surface area contributed by atoms with Crippen LogP contribution in [0.4, 0.5) is 0 Å². The summed E-state index contributed by atoms with van der Waals surface area (Å²) < 4.78 is 0. The lowest BCUT2D eigenvalue weighted by atomic mass is 9.86. The third-order valence-corrected chi connectivity index (χ3v) is 3.48. The Bertz CT molecular complexity index is 517. The Balaban J connectivity index is 2.15. The van der Waals surface area contributed by atoms with Crippen molar-refractivity contribution in [1.82, 2.24) is 0 Å². The second-order valence-corrected chi connectivity index (χ2v) is 4.53. The molecule has 0 fully saturated rings. The zero-order valence-corrected chi connectivity index (χ0v) is 9.39. The van der Waals surface area contributed by atoms with E-state index in [-0.39, 0.29) is 0 Å². The molecule has 0 heterocycles. The maximum Gasteiger partial charge on any atom is 0.00242 e. The first kappa shape index (κ1) is 9.65. The number of rotatable bonds is 1. The molecule has 1 aliphatic rings. The molecule has 0 amide bonds. The molecule has 80 valence electrons. The molecule has 0 heteroatoms. The van der Waals surface area contributed by atoms with Gasteiger partial charge in [0.1, 0.15) is 0 Å². The maximum atomic E-state index is 2.38. The summed E-state index contributed by atoms with van der Waals surface area (Å²) in [5.41, 5.74) is 1.49.